The van der Waals surface area contributed by atoms with Crippen LogP contribution in [0.4, 0.5) is 4.79 Å². The van der Waals surface area contributed by atoms with Crippen molar-refractivity contribution in [3.05, 3.63) is 35.0 Å². The number of primary amides is 1. The molecule has 3 N–H and O–H groups in total. The molecule has 0 saturated carbocycles. The SMILES string of the molecule is C=C/C(=N/NC(N)=O)c1cccs1. The standard InChI is InChI=1S/C8H9N3OS/c1-2-6(10-11-8(9)12)7-4-3-5-13-7/h2-5H,1H2,(H3,9,11,12)/b10-6-. The van der Waals surface area contributed by atoms with Crippen LogP contribution in [0.3, 0.4) is 0 Å². The number of carbonyl (C=O) groups is 1. The molecule has 0 bridgehead atoms. The Morgan fingerprint density at radius 3 is 3.00 bits per heavy atom. The lowest BCUT2D eigenvalue weighted by Gasteiger charge is -1.96. The Labute approximate surface area is 79.8 Å². The third kappa shape index (κ3) is 2.72. The molecule has 0 fully saturated rings. The highest BCUT2D eigenvalue weighted by Crippen LogP contribution is 2.09. The molecular weight excluding hydrogens is 186 g/mol. The lowest BCUT2D eigenvalue weighted by Crippen LogP contribution is -2.25. The van der Waals surface area contributed by atoms with Crippen LogP contribution in [0.1, 0.15) is 4.88 Å². The Morgan fingerprint density at radius 2 is 2.54 bits per heavy atom. The van der Waals surface area contributed by atoms with Gasteiger partial charge in [0, 0.05) is 0 Å². The highest BCUT2D eigenvalue weighted by atomic mass is 32.1. The molecule has 0 unspecified atom stereocenters. The molecular formula is C8H9N3OS. The molecule has 2 amide bonds. The Hall–Kier alpha value is -1.62. The lowest BCUT2D eigenvalue weighted by atomic mass is 10.3. The predicted octanol–water partition coefficient (Wildman–Crippen LogP) is 1.31. The van der Waals surface area contributed by atoms with E-state index in [1.807, 2.05) is 17.5 Å². The van der Waals surface area contributed by atoms with Crippen molar-refractivity contribution in [3.63, 3.8) is 0 Å². The molecule has 0 aromatic carbocycles. The summed E-state index contributed by atoms with van der Waals surface area (Å²) in [7, 11) is 0. The second kappa shape index (κ2) is 4.42. The minimum atomic E-state index is -0.684. The number of hydrazone groups is 1. The van der Waals surface area contributed by atoms with Crippen LogP contribution in [-0.4, -0.2) is 11.7 Å². The monoisotopic (exact) mass is 195 g/mol. The lowest BCUT2D eigenvalue weighted by molar-refractivity contribution is 0.249. The maximum atomic E-state index is 10.4. The normalized spacial score (nSPS) is 10.9. The van der Waals surface area contributed by atoms with Crippen molar-refractivity contribution in [1.82, 2.24) is 5.43 Å². The maximum Gasteiger partial charge on any atom is 0.332 e. The smallest absolute Gasteiger partial charge is 0.332 e. The highest BCUT2D eigenvalue weighted by Gasteiger charge is 1.99. The zero-order valence-corrected chi connectivity index (χ0v) is 7.67. The van der Waals surface area contributed by atoms with Gasteiger partial charge in [0.25, 0.3) is 0 Å². The zero-order valence-electron chi connectivity index (χ0n) is 6.86. The van der Waals surface area contributed by atoms with E-state index in [0.717, 1.165) is 4.88 Å². The summed E-state index contributed by atoms with van der Waals surface area (Å²) in [5.74, 6) is 0. The van der Waals surface area contributed by atoms with Crippen LogP contribution < -0.4 is 11.2 Å². The van der Waals surface area contributed by atoms with E-state index in [9.17, 15) is 4.79 Å². The van der Waals surface area contributed by atoms with Crippen LogP contribution >= 0.6 is 11.3 Å². The first-order chi connectivity index (χ1) is 6.24. The number of urea groups is 1. The van der Waals surface area contributed by atoms with Crippen LogP contribution in [0.2, 0.25) is 0 Å². The minimum Gasteiger partial charge on any atom is -0.350 e. The molecule has 0 atom stereocenters. The van der Waals surface area contributed by atoms with Gasteiger partial charge < -0.3 is 5.73 Å². The largest absolute Gasteiger partial charge is 0.350 e. The fourth-order valence-electron chi connectivity index (χ4n) is 0.741. The number of allylic oxidation sites excluding steroid dienone is 1. The second-order valence-corrected chi connectivity index (χ2v) is 3.10. The van der Waals surface area contributed by atoms with E-state index in [1.54, 1.807) is 6.08 Å². The molecule has 0 radical (unpaired) electrons. The molecule has 13 heavy (non-hydrogen) atoms. The van der Waals surface area contributed by atoms with Gasteiger partial charge >= 0.3 is 6.03 Å². The fraction of sp³-hybridized carbons (Fsp3) is 0. The van der Waals surface area contributed by atoms with Crippen molar-refractivity contribution in [2.45, 2.75) is 0 Å². The van der Waals surface area contributed by atoms with Crippen LogP contribution in [0.15, 0.2) is 35.3 Å². The van der Waals surface area contributed by atoms with Crippen LogP contribution in [-0.2, 0) is 0 Å². The third-order valence-electron chi connectivity index (χ3n) is 1.25. The number of carbonyl (C=O) groups excluding carboxylic acids is 1. The van der Waals surface area contributed by atoms with E-state index in [0.29, 0.717) is 5.71 Å². The van der Waals surface area contributed by atoms with Crippen molar-refractivity contribution >= 4 is 23.1 Å². The number of thiophene rings is 1. The number of nitrogens with zero attached hydrogens (tertiary/aromatic N) is 1. The number of amides is 2. The van der Waals surface area contributed by atoms with Gasteiger partial charge in [0.1, 0.15) is 5.71 Å². The van der Waals surface area contributed by atoms with Gasteiger partial charge in [-0.25, -0.2) is 10.2 Å². The molecule has 68 valence electrons. The number of rotatable bonds is 3. The van der Waals surface area contributed by atoms with Crippen molar-refractivity contribution < 1.29 is 4.79 Å². The first-order valence-corrected chi connectivity index (χ1v) is 4.41. The van der Waals surface area contributed by atoms with Crippen LogP contribution in [0.5, 0.6) is 0 Å². The summed E-state index contributed by atoms with van der Waals surface area (Å²) in [6.45, 7) is 3.58. The summed E-state index contributed by atoms with van der Waals surface area (Å²) in [5, 5.41) is 5.68. The molecule has 0 spiro atoms. The van der Waals surface area contributed by atoms with Crippen molar-refractivity contribution in [2.75, 3.05) is 0 Å². The van der Waals surface area contributed by atoms with Crippen molar-refractivity contribution in [3.8, 4) is 0 Å². The first-order valence-electron chi connectivity index (χ1n) is 3.53. The Morgan fingerprint density at radius 1 is 1.77 bits per heavy atom. The van der Waals surface area contributed by atoms with Gasteiger partial charge in [-0.15, -0.1) is 11.3 Å². The molecule has 0 saturated heterocycles. The van der Waals surface area contributed by atoms with Gasteiger partial charge in [-0.2, -0.15) is 5.10 Å². The van der Waals surface area contributed by atoms with E-state index < -0.39 is 6.03 Å². The van der Waals surface area contributed by atoms with Gasteiger partial charge in [-0.05, 0) is 17.5 Å². The molecule has 1 aromatic rings. The molecule has 0 aliphatic carbocycles. The number of nitrogens with two attached hydrogens (primary N) is 1. The molecule has 0 aliphatic rings. The summed E-state index contributed by atoms with van der Waals surface area (Å²) in [6, 6.07) is 3.09. The molecule has 1 rings (SSSR count). The maximum absolute atomic E-state index is 10.4. The second-order valence-electron chi connectivity index (χ2n) is 2.15. The number of hydrogen-bond acceptors (Lipinski definition) is 3. The molecule has 0 aliphatic heterocycles. The fourth-order valence-corrected chi connectivity index (χ4v) is 1.45. The average Bonchev–Trinajstić information content (AvgIpc) is 2.58. The summed E-state index contributed by atoms with van der Waals surface area (Å²) < 4.78 is 0. The topological polar surface area (TPSA) is 67.5 Å². The molecule has 5 heteroatoms. The van der Waals surface area contributed by atoms with E-state index in [4.69, 9.17) is 5.73 Å². The van der Waals surface area contributed by atoms with E-state index in [2.05, 4.69) is 17.1 Å². The van der Waals surface area contributed by atoms with E-state index in [-0.39, 0.29) is 0 Å². The van der Waals surface area contributed by atoms with E-state index in [1.165, 1.54) is 11.3 Å². The number of nitrogens with one attached hydrogen (secondary N) is 1. The van der Waals surface area contributed by atoms with E-state index >= 15 is 0 Å². The summed E-state index contributed by atoms with van der Waals surface area (Å²) >= 11 is 1.51. The van der Waals surface area contributed by atoms with Gasteiger partial charge in [-0.3, -0.25) is 0 Å². The number of hydrogen-bond donors (Lipinski definition) is 2. The van der Waals surface area contributed by atoms with Crippen molar-refractivity contribution in [2.24, 2.45) is 10.8 Å². The van der Waals surface area contributed by atoms with Gasteiger partial charge in [0.05, 0.1) is 4.88 Å². The van der Waals surface area contributed by atoms with Crippen LogP contribution in [0, 0.1) is 0 Å². The Kier molecular flexibility index (Phi) is 3.22. The average molecular weight is 195 g/mol. The summed E-state index contributed by atoms with van der Waals surface area (Å²) in [4.78, 5) is 11.3. The Bertz CT molecular complexity index is 329. The molecule has 1 aromatic heterocycles. The zero-order chi connectivity index (χ0) is 9.68. The first kappa shape index (κ1) is 9.47. The summed E-state index contributed by atoms with van der Waals surface area (Å²) in [6.07, 6.45) is 1.56. The summed E-state index contributed by atoms with van der Waals surface area (Å²) in [5.41, 5.74) is 7.61. The molecule has 1 heterocycles. The predicted molar refractivity (Wildman–Crippen MR) is 53.8 cm³/mol. The van der Waals surface area contributed by atoms with Crippen molar-refractivity contribution in [1.29, 1.82) is 0 Å². The quantitative estimate of drug-likeness (QED) is 0.554. The minimum absolute atomic E-state index is 0.605. The van der Waals surface area contributed by atoms with Gasteiger partial charge in [0.2, 0.25) is 0 Å². The third-order valence-corrected chi connectivity index (χ3v) is 2.15. The molecule has 4 nitrogen and oxygen atoms in total. The Balaban J connectivity index is 2.79. The highest BCUT2D eigenvalue weighted by molar-refractivity contribution is 7.12. The van der Waals surface area contributed by atoms with Gasteiger partial charge in [0.15, 0.2) is 0 Å². The van der Waals surface area contributed by atoms with Gasteiger partial charge in [-0.1, -0.05) is 12.6 Å². The van der Waals surface area contributed by atoms with Crippen LogP contribution in [0.25, 0.3) is 0 Å².